The predicted molar refractivity (Wildman–Crippen MR) is 82.5 cm³/mol. The number of methoxy groups -OCH3 is 1. The molecular formula is C18H23FO2. The van der Waals surface area contributed by atoms with Gasteiger partial charge in [0.05, 0.1) is 12.7 Å². The smallest absolute Gasteiger partial charge is 0.340 e. The van der Waals surface area contributed by atoms with Crippen molar-refractivity contribution >= 4 is 11.5 Å². The minimum Gasteiger partial charge on any atom is -0.465 e. The molecule has 0 N–H and O–H groups in total. The maximum absolute atomic E-state index is 14.1. The summed E-state index contributed by atoms with van der Waals surface area (Å²) in [6.45, 7) is 8.88. The van der Waals surface area contributed by atoms with E-state index >= 15 is 0 Å². The quantitative estimate of drug-likeness (QED) is 0.728. The Morgan fingerprint density at radius 3 is 2.43 bits per heavy atom. The summed E-state index contributed by atoms with van der Waals surface area (Å²) in [5.74, 6) is -1.17. The lowest BCUT2D eigenvalue weighted by Crippen LogP contribution is -2.28. The third-order valence-electron chi connectivity index (χ3n) is 4.19. The first-order valence-corrected chi connectivity index (χ1v) is 7.25. The number of carbonyl (C=O) groups excluding carboxylic acids is 1. The second kappa shape index (κ2) is 5.28. The van der Waals surface area contributed by atoms with E-state index in [1.165, 1.54) is 19.2 Å². The van der Waals surface area contributed by atoms with Crippen LogP contribution in [0.2, 0.25) is 0 Å². The lowest BCUT2D eigenvalue weighted by atomic mass is 9.64. The van der Waals surface area contributed by atoms with Crippen LogP contribution >= 0.6 is 0 Å². The van der Waals surface area contributed by atoms with Crippen molar-refractivity contribution in [2.24, 2.45) is 10.8 Å². The minimum atomic E-state index is -0.642. The van der Waals surface area contributed by atoms with Gasteiger partial charge in [0.25, 0.3) is 0 Å². The van der Waals surface area contributed by atoms with Crippen molar-refractivity contribution in [2.75, 3.05) is 7.11 Å². The monoisotopic (exact) mass is 290 g/mol. The van der Waals surface area contributed by atoms with Crippen LogP contribution in [0.25, 0.3) is 5.57 Å². The SMILES string of the molecule is COC(=O)c1ccc(C2=CCC(C)(C)CC2(C)C)cc1F. The molecule has 1 aliphatic rings. The van der Waals surface area contributed by atoms with Crippen molar-refractivity contribution in [1.29, 1.82) is 0 Å². The van der Waals surface area contributed by atoms with E-state index < -0.39 is 11.8 Å². The Kier molecular flexibility index (Phi) is 3.96. The van der Waals surface area contributed by atoms with E-state index in [0.717, 1.165) is 24.0 Å². The van der Waals surface area contributed by atoms with Gasteiger partial charge in [0.1, 0.15) is 5.82 Å². The van der Waals surface area contributed by atoms with Gasteiger partial charge in [-0.3, -0.25) is 0 Å². The average molecular weight is 290 g/mol. The van der Waals surface area contributed by atoms with E-state index in [-0.39, 0.29) is 16.4 Å². The van der Waals surface area contributed by atoms with E-state index in [9.17, 15) is 9.18 Å². The summed E-state index contributed by atoms with van der Waals surface area (Å²) in [6, 6.07) is 4.76. The molecule has 2 rings (SSSR count). The molecule has 0 aliphatic heterocycles. The molecule has 0 radical (unpaired) electrons. The van der Waals surface area contributed by atoms with Crippen LogP contribution in [0.15, 0.2) is 24.3 Å². The molecule has 0 saturated carbocycles. The third-order valence-corrected chi connectivity index (χ3v) is 4.19. The zero-order valence-electron chi connectivity index (χ0n) is 13.4. The fraction of sp³-hybridized carbons (Fsp3) is 0.500. The number of carbonyl (C=O) groups is 1. The molecule has 114 valence electrons. The summed E-state index contributed by atoms with van der Waals surface area (Å²) in [5.41, 5.74) is 2.23. The maximum atomic E-state index is 14.1. The molecule has 0 atom stereocenters. The van der Waals surface area contributed by atoms with Crippen LogP contribution < -0.4 is 0 Å². The fourth-order valence-electron chi connectivity index (χ4n) is 3.49. The van der Waals surface area contributed by atoms with Crippen LogP contribution in [0.5, 0.6) is 0 Å². The molecule has 0 bridgehead atoms. The van der Waals surface area contributed by atoms with E-state index in [1.807, 2.05) is 0 Å². The van der Waals surface area contributed by atoms with E-state index in [2.05, 4.69) is 38.5 Å². The Morgan fingerprint density at radius 2 is 1.90 bits per heavy atom. The summed E-state index contributed by atoms with van der Waals surface area (Å²) in [5, 5.41) is 0. The number of halogens is 1. The summed E-state index contributed by atoms with van der Waals surface area (Å²) >= 11 is 0. The first kappa shape index (κ1) is 15.7. The van der Waals surface area contributed by atoms with Crippen LogP contribution in [-0.2, 0) is 4.74 Å². The lowest BCUT2D eigenvalue weighted by molar-refractivity contribution is 0.0595. The van der Waals surface area contributed by atoms with Gasteiger partial charge in [0, 0.05) is 0 Å². The van der Waals surface area contributed by atoms with Crippen LogP contribution in [0.3, 0.4) is 0 Å². The first-order valence-electron chi connectivity index (χ1n) is 7.25. The van der Waals surface area contributed by atoms with Crippen molar-refractivity contribution in [3.63, 3.8) is 0 Å². The predicted octanol–water partition coefficient (Wildman–Crippen LogP) is 4.84. The average Bonchev–Trinajstić information content (AvgIpc) is 2.35. The zero-order valence-corrected chi connectivity index (χ0v) is 13.4. The zero-order chi connectivity index (χ0) is 15.8. The van der Waals surface area contributed by atoms with Crippen molar-refractivity contribution in [1.82, 2.24) is 0 Å². The number of esters is 1. The Hall–Kier alpha value is -1.64. The minimum absolute atomic E-state index is 0.0129. The van der Waals surface area contributed by atoms with Crippen LogP contribution in [0.4, 0.5) is 4.39 Å². The number of ether oxygens (including phenoxy) is 1. The second-order valence-corrected chi connectivity index (χ2v) is 7.23. The molecule has 3 heteroatoms. The van der Waals surface area contributed by atoms with Gasteiger partial charge in [-0.1, -0.05) is 39.8 Å². The topological polar surface area (TPSA) is 26.3 Å². The summed E-state index contributed by atoms with van der Waals surface area (Å²) in [7, 11) is 1.25. The molecule has 0 amide bonds. The highest BCUT2D eigenvalue weighted by Gasteiger charge is 2.35. The highest BCUT2D eigenvalue weighted by Crippen LogP contribution is 2.49. The number of benzene rings is 1. The van der Waals surface area contributed by atoms with E-state index in [1.54, 1.807) is 6.07 Å². The second-order valence-electron chi connectivity index (χ2n) is 7.23. The van der Waals surface area contributed by atoms with Gasteiger partial charge in [0.15, 0.2) is 0 Å². The van der Waals surface area contributed by atoms with Gasteiger partial charge in [-0.2, -0.15) is 0 Å². The molecule has 21 heavy (non-hydrogen) atoms. The molecular weight excluding hydrogens is 267 g/mol. The molecule has 1 aromatic carbocycles. The normalized spacial score (nSPS) is 19.8. The number of hydrogen-bond acceptors (Lipinski definition) is 2. The molecule has 0 heterocycles. The Bertz CT molecular complexity index is 597. The van der Waals surface area contributed by atoms with E-state index in [0.29, 0.717) is 0 Å². The highest BCUT2D eigenvalue weighted by atomic mass is 19.1. The molecule has 0 unspecified atom stereocenters. The van der Waals surface area contributed by atoms with E-state index in [4.69, 9.17) is 0 Å². The summed E-state index contributed by atoms with van der Waals surface area (Å²) in [6.07, 6.45) is 4.23. The standard InChI is InChI=1S/C18H23FO2/c1-17(2)9-8-14(18(3,4)11-17)12-6-7-13(15(19)10-12)16(20)21-5/h6-8,10H,9,11H2,1-5H3. The van der Waals surface area contributed by atoms with Crippen LogP contribution in [-0.4, -0.2) is 13.1 Å². The molecule has 0 fully saturated rings. The fourth-order valence-corrected chi connectivity index (χ4v) is 3.49. The van der Waals surface area contributed by atoms with Gasteiger partial charge >= 0.3 is 5.97 Å². The number of allylic oxidation sites excluding steroid dienone is 2. The van der Waals surface area contributed by atoms with Gasteiger partial charge in [-0.05, 0) is 46.9 Å². The first-order chi connectivity index (χ1) is 9.66. The van der Waals surface area contributed by atoms with Crippen LogP contribution in [0, 0.1) is 16.6 Å². The summed E-state index contributed by atoms with van der Waals surface area (Å²) < 4.78 is 18.7. The third kappa shape index (κ3) is 3.17. The van der Waals surface area contributed by atoms with Gasteiger partial charge in [0.2, 0.25) is 0 Å². The highest BCUT2D eigenvalue weighted by molar-refractivity contribution is 5.90. The van der Waals surface area contributed by atoms with Crippen LogP contribution in [0.1, 0.15) is 56.5 Å². The van der Waals surface area contributed by atoms with Crippen molar-refractivity contribution in [3.05, 3.63) is 41.2 Å². The van der Waals surface area contributed by atoms with Crippen molar-refractivity contribution in [2.45, 2.75) is 40.5 Å². The Labute approximate surface area is 126 Å². The number of hydrogen-bond donors (Lipinski definition) is 0. The molecule has 0 spiro atoms. The molecule has 2 nitrogen and oxygen atoms in total. The van der Waals surface area contributed by atoms with Gasteiger partial charge < -0.3 is 4.74 Å². The number of rotatable bonds is 2. The van der Waals surface area contributed by atoms with Gasteiger partial charge in [-0.25, -0.2) is 9.18 Å². The van der Waals surface area contributed by atoms with Crippen molar-refractivity contribution < 1.29 is 13.9 Å². The van der Waals surface area contributed by atoms with Crippen molar-refractivity contribution in [3.8, 4) is 0 Å². The molecule has 0 aromatic heterocycles. The molecule has 1 aliphatic carbocycles. The summed E-state index contributed by atoms with van der Waals surface area (Å²) in [4.78, 5) is 11.5. The molecule has 1 aromatic rings. The van der Waals surface area contributed by atoms with Gasteiger partial charge in [-0.15, -0.1) is 0 Å². The Morgan fingerprint density at radius 1 is 1.24 bits per heavy atom. The molecule has 0 saturated heterocycles. The Balaban J connectivity index is 2.41. The largest absolute Gasteiger partial charge is 0.465 e. The maximum Gasteiger partial charge on any atom is 0.340 e. The lowest BCUT2D eigenvalue weighted by Gasteiger charge is -2.41.